The third-order valence-corrected chi connectivity index (χ3v) is 3.32. The van der Waals surface area contributed by atoms with Gasteiger partial charge in [-0.05, 0) is 24.2 Å². The zero-order valence-electron chi connectivity index (χ0n) is 11.8. The Morgan fingerprint density at radius 3 is 2.26 bits per heavy atom. The number of amides is 1. The number of rotatable bonds is 8. The SMILES string of the molecule is CCN(CC)Cc1ccc(CNC(=O)CCCl)cc1. The third-order valence-electron chi connectivity index (χ3n) is 3.13. The van der Waals surface area contributed by atoms with Crippen molar-refractivity contribution in [3.05, 3.63) is 35.4 Å². The van der Waals surface area contributed by atoms with Crippen LogP contribution in [0.1, 0.15) is 31.4 Å². The summed E-state index contributed by atoms with van der Waals surface area (Å²) in [5.41, 5.74) is 2.42. The molecule has 19 heavy (non-hydrogen) atoms. The molecule has 1 aromatic carbocycles. The summed E-state index contributed by atoms with van der Waals surface area (Å²) in [6, 6.07) is 8.39. The maximum absolute atomic E-state index is 11.3. The summed E-state index contributed by atoms with van der Waals surface area (Å²) in [6.45, 7) is 8.02. The normalized spacial score (nSPS) is 10.7. The highest BCUT2D eigenvalue weighted by Gasteiger charge is 2.02. The van der Waals surface area contributed by atoms with Crippen LogP contribution in [0.4, 0.5) is 0 Å². The molecule has 0 aromatic heterocycles. The number of halogens is 1. The molecule has 0 bridgehead atoms. The second-order valence-corrected chi connectivity index (χ2v) is 4.87. The van der Waals surface area contributed by atoms with E-state index in [2.05, 4.69) is 48.3 Å². The third kappa shape index (κ3) is 6.08. The van der Waals surface area contributed by atoms with E-state index in [1.807, 2.05) is 0 Å². The Bertz CT molecular complexity index is 374. The van der Waals surface area contributed by atoms with Crippen molar-refractivity contribution in [2.75, 3.05) is 19.0 Å². The number of benzene rings is 1. The second-order valence-electron chi connectivity index (χ2n) is 4.49. The van der Waals surface area contributed by atoms with Crippen LogP contribution in [0.2, 0.25) is 0 Å². The number of carbonyl (C=O) groups is 1. The van der Waals surface area contributed by atoms with Gasteiger partial charge in [0.25, 0.3) is 0 Å². The molecular formula is C15H23ClN2O. The molecule has 4 heteroatoms. The molecule has 1 rings (SSSR count). The topological polar surface area (TPSA) is 32.3 Å². The monoisotopic (exact) mass is 282 g/mol. The predicted molar refractivity (Wildman–Crippen MR) is 80.3 cm³/mol. The van der Waals surface area contributed by atoms with Crippen molar-refractivity contribution >= 4 is 17.5 Å². The first-order valence-corrected chi connectivity index (χ1v) is 7.35. The average molecular weight is 283 g/mol. The summed E-state index contributed by atoms with van der Waals surface area (Å²) in [5, 5.41) is 2.85. The predicted octanol–water partition coefficient (Wildman–Crippen LogP) is 2.77. The largest absolute Gasteiger partial charge is 0.352 e. The standard InChI is InChI=1S/C15H23ClN2O/c1-3-18(4-2)12-14-7-5-13(6-8-14)11-17-15(19)9-10-16/h5-8H,3-4,9-12H2,1-2H3,(H,17,19). The summed E-state index contributed by atoms with van der Waals surface area (Å²) in [5.74, 6) is 0.372. The van der Waals surface area contributed by atoms with Crippen molar-refractivity contribution in [3.8, 4) is 0 Å². The summed E-state index contributed by atoms with van der Waals surface area (Å²) < 4.78 is 0. The van der Waals surface area contributed by atoms with Crippen LogP contribution in [0.5, 0.6) is 0 Å². The first-order valence-electron chi connectivity index (χ1n) is 6.82. The van der Waals surface area contributed by atoms with Gasteiger partial charge in [0.1, 0.15) is 0 Å². The van der Waals surface area contributed by atoms with Crippen LogP contribution in [0.25, 0.3) is 0 Å². The van der Waals surface area contributed by atoms with Gasteiger partial charge in [0, 0.05) is 25.4 Å². The van der Waals surface area contributed by atoms with Crippen molar-refractivity contribution in [1.82, 2.24) is 10.2 Å². The summed E-state index contributed by atoms with van der Waals surface area (Å²) in [4.78, 5) is 13.7. The lowest BCUT2D eigenvalue weighted by atomic mass is 10.1. The van der Waals surface area contributed by atoms with Crippen molar-refractivity contribution in [2.45, 2.75) is 33.4 Å². The summed E-state index contributed by atoms with van der Waals surface area (Å²) in [6.07, 6.45) is 0.377. The Kier molecular flexibility index (Phi) is 7.53. The van der Waals surface area contributed by atoms with Gasteiger partial charge in [-0.15, -0.1) is 11.6 Å². The molecule has 3 nitrogen and oxygen atoms in total. The van der Waals surface area contributed by atoms with Gasteiger partial charge in [0.05, 0.1) is 0 Å². The summed E-state index contributed by atoms with van der Waals surface area (Å²) in [7, 11) is 0. The Balaban J connectivity index is 2.45. The first-order chi connectivity index (χ1) is 9.19. The lowest BCUT2D eigenvalue weighted by Gasteiger charge is -2.18. The molecule has 1 amide bonds. The molecule has 1 aromatic rings. The number of carbonyl (C=O) groups excluding carboxylic acids is 1. The number of nitrogens with one attached hydrogen (secondary N) is 1. The fourth-order valence-corrected chi connectivity index (χ4v) is 2.01. The minimum atomic E-state index is 0.00205. The van der Waals surface area contributed by atoms with Gasteiger partial charge in [-0.3, -0.25) is 9.69 Å². The van der Waals surface area contributed by atoms with E-state index in [1.54, 1.807) is 0 Å². The van der Waals surface area contributed by atoms with E-state index in [0.717, 1.165) is 25.2 Å². The van der Waals surface area contributed by atoms with E-state index in [4.69, 9.17) is 11.6 Å². The van der Waals surface area contributed by atoms with E-state index >= 15 is 0 Å². The fraction of sp³-hybridized carbons (Fsp3) is 0.533. The minimum absolute atomic E-state index is 0.00205. The smallest absolute Gasteiger partial charge is 0.221 e. The molecule has 0 radical (unpaired) electrons. The van der Waals surface area contributed by atoms with Gasteiger partial charge in [0.15, 0.2) is 0 Å². The molecule has 0 saturated heterocycles. The molecule has 0 spiro atoms. The Labute approximate surface area is 120 Å². The van der Waals surface area contributed by atoms with Crippen molar-refractivity contribution in [3.63, 3.8) is 0 Å². The molecular weight excluding hydrogens is 260 g/mol. The number of alkyl halides is 1. The Hall–Kier alpha value is -1.06. The van der Waals surface area contributed by atoms with E-state index in [0.29, 0.717) is 18.8 Å². The van der Waals surface area contributed by atoms with E-state index in [9.17, 15) is 4.79 Å². The number of hydrogen-bond acceptors (Lipinski definition) is 2. The van der Waals surface area contributed by atoms with Gasteiger partial charge >= 0.3 is 0 Å². The molecule has 0 heterocycles. The van der Waals surface area contributed by atoms with Gasteiger partial charge in [-0.25, -0.2) is 0 Å². The molecule has 0 aliphatic rings. The molecule has 0 saturated carbocycles. The van der Waals surface area contributed by atoms with E-state index < -0.39 is 0 Å². The zero-order chi connectivity index (χ0) is 14.1. The maximum Gasteiger partial charge on any atom is 0.221 e. The molecule has 0 aliphatic carbocycles. The van der Waals surface area contributed by atoms with Crippen LogP contribution in [-0.2, 0) is 17.9 Å². The van der Waals surface area contributed by atoms with Crippen LogP contribution in [0.15, 0.2) is 24.3 Å². The van der Waals surface area contributed by atoms with Crippen LogP contribution in [-0.4, -0.2) is 29.8 Å². The minimum Gasteiger partial charge on any atom is -0.352 e. The summed E-state index contributed by atoms with van der Waals surface area (Å²) >= 11 is 5.51. The molecule has 0 atom stereocenters. The Morgan fingerprint density at radius 1 is 1.16 bits per heavy atom. The number of hydrogen-bond donors (Lipinski definition) is 1. The first kappa shape index (κ1) is 16.0. The lowest BCUT2D eigenvalue weighted by Crippen LogP contribution is -2.23. The molecule has 106 valence electrons. The van der Waals surface area contributed by atoms with Crippen LogP contribution in [0.3, 0.4) is 0 Å². The Morgan fingerprint density at radius 2 is 1.74 bits per heavy atom. The quantitative estimate of drug-likeness (QED) is 0.744. The van der Waals surface area contributed by atoms with Gasteiger partial charge in [-0.2, -0.15) is 0 Å². The highest BCUT2D eigenvalue weighted by Crippen LogP contribution is 2.07. The molecule has 0 unspecified atom stereocenters. The van der Waals surface area contributed by atoms with E-state index in [-0.39, 0.29) is 5.91 Å². The molecule has 1 N–H and O–H groups in total. The highest BCUT2D eigenvalue weighted by molar-refractivity contribution is 6.18. The van der Waals surface area contributed by atoms with Gasteiger partial charge in [0.2, 0.25) is 5.91 Å². The number of nitrogens with zero attached hydrogens (tertiary/aromatic N) is 1. The average Bonchev–Trinajstić information content (AvgIpc) is 2.44. The maximum atomic E-state index is 11.3. The second kappa shape index (κ2) is 8.94. The fourth-order valence-electron chi connectivity index (χ4n) is 1.84. The van der Waals surface area contributed by atoms with Gasteiger partial charge < -0.3 is 5.32 Å². The highest BCUT2D eigenvalue weighted by atomic mass is 35.5. The van der Waals surface area contributed by atoms with Crippen molar-refractivity contribution in [1.29, 1.82) is 0 Å². The van der Waals surface area contributed by atoms with Crippen LogP contribution < -0.4 is 5.32 Å². The molecule has 0 fully saturated rings. The van der Waals surface area contributed by atoms with Crippen LogP contribution in [0, 0.1) is 0 Å². The van der Waals surface area contributed by atoms with Crippen molar-refractivity contribution < 1.29 is 4.79 Å². The van der Waals surface area contributed by atoms with E-state index in [1.165, 1.54) is 5.56 Å². The zero-order valence-corrected chi connectivity index (χ0v) is 12.5. The molecule has 0 aliphatic heterocycles. The van der Waals surface area contributed by atoms with Crippen LogP contribution >= 0.6 is 11.6 Å². The van der Waals surface area contributed by atoms with Crippen molar-refractivity contribution in [2.24, 2.45) is 0 Å². The lowest BCUT2D eigenvalue weighted by molar-refractivity contribution is -0.120. The van der Waals surface area contributed by atoms with Gasteiger partial charge in [-0.1, -0.05) is 38.1 Å².